The molecule has 1 heterocycles. The van der Waals surface area contributed by atoms with Gasteiger partial charge in [-0.15, -0.1) is 0 Å². The maximum Gasteiger partial charge on any atom is 0.147 e. The lowest BCUT2D eigenvalue weighted by Crippen LogP contribution is -2.43. The quantitative estimate of drug-likeness (QED) is 0.888. The fourth-order valence-electron chi connectivity index (χ4n) is 2.48. The largest absolute Gasteiger partial charge is 0.367 e. The zero-order chi connectivity index (χ0) is 13.1. The van der Waals surface area contributed by atoms with Crippen molar-refractivity contribution in [2.45, 2.75) is 0 Å². The van der Waals surface area contributed by atoms with Crippen LogP contribution in [0.4, 0.5) is 10.1 Å². The minimum absolute atomic E-state index is 0.136. The van der Waals surface area contributed by atoms with Crippen molar-refractivity contribution < 1.29 is 4.39 Å². The summed E-state index contributed by atoms with van der Waals surface area (Å²) in [6.45, 7) is 3.56. The first-order valence-electron chi connectivity index (χ1n) is 6.65. The first-order chi connectivity index (χ1) is 9.34. The van der Waals surface area contributed by atoms with Crippen molar-refractivity contribution >= 4 is 5.69 Å². The van der Waals surface area contributed by atoms with E-state index in [1.807, 2.05) is 42.5 Å². The van der Waals surface area contributed by atoms with Crippen LogP contribution in [-0.2, 0) is 0 Å². The molecule has 3 heteroatoms. The highest BCUT2D eigenvalue weighted by Crippen LogP contribution is 2.26. The Kier molecular flexibility index (Phi) is 3.47. The van der Waals surface area contributed by atoms with Crippen LogP contribution < -0.4 is 10.2 Å². The molecule has 1 N–H and O–H groups in total. The third-order valence-electron chi connectivity index (χ3n) is 3.51. The molecule has 0 saturated carbocycles. The number of hydrogen-bond acceptors (Lipinski definition) is 2. The van der Waals surface area contributed by atoms with Gasteiger partial charge in [-0.1, -0.05) is 36.4 Å². The van der Waals surface area contributed by atoms with Gasteiger partial charge in [-0.25, -0.2) is 4.39 Å². The third kappa shape index (κ3) is 2.61. The van der Waals surface area contributed by atoms with Gasteiger partial charge in [0.25, 0.3) is 0 Å². The molecule has 1 aliphatic heterocycles. The Balaban J connectivity index is 1.89. The van der Waals surface area contributed by atoms with Gasteiger partial charge in [0.2, 0.25) is 0 Å². The van der Waals surface area contributed by atoms with E-state index in [0.29, 0.717) is 5.69 Å². The van der Waals surface area contributed by atoms with E-state index in [-0.39, 0.29) is 5.82 Å². The Labute approximate surface area is 112 Å². The zero-order valence-electron chi connectivity index (χ0n) is 10.8. The summed E-state index contributed by atoms with van der Waals surface area (Å²) >= 11 is 0. The topological polar surface area (TPSA) is 15.3 Å². The van der Waals surface area contributed by atoms with Gasteiger partial charge in [0.1, 0.15) is 5.82 Å². The van der Waals surface area contributed by atoms with Crippen molar-refractivity contribution in [2.75, 3.05) is 31.1 Å². The van der Waals surface area contributed by atoms with Gasteiger partial charge >= 0.3 is 0 Å². The summed E-state index contributed by atoms with van der Waals surface area (Å²) in [5.41, 5.74) is 2.69. The number of nitrogens with one attached hydrogen (secondary N) is 1. The fraction of sp³-hybridized carbons (Fsp3) is 0.250. The average Bonchev–Trinajstić information content (AvgIpc) is 2.49. The second-order valence-electron chi connectivity index (χ2n) is 4.77. The summed E-state index contributed by atoms with van der Waals surface area (Å²) in [7, 11) is 0. The van der Waals surface area contributed by atoms with Gasteiger partial charge in [0.15, 0.2) is 0 Å². The first-order valence-corrected chi connectivity index (χ1v) is 6.65. The molecular formula is C16H17FN2. The van der Waals surface area contributed by atoms with Crippen LogP contribution >= 0.6 is 0 Å². The van der Waals surface area contributed by atoms with Crippen LogP contribution in [0.3, 0.4) is 0 Å². The molecule has 2 nitrogen and oxygen atoms in total. The van der Waals surface area contributed by atoms with Crippen LogP contribution in [0.1, 0.15) is 0 Å². The predicted molar refractivity (Wildman–Crippen MR) is 76.9 cm³/mol. The number of anilines is 1. The summed E-state index contributed by atoms with van der Waals surface area (Å²) in [5, 5.41) is 3.28. The van der Waals surface area contributed by atoms with Crippen molar-refractivity contribution in [3.8, 4) is 11.1 Å². The molecule has 1 aliphatic rings. The maximum atomic E-state index is 14.3. The number of benzene rings is 2. The van der Waals surface area contributed by atoms with Crippen LogP contribution in [0, 0.1) is 5.82 Å². The van der Waals surface area contributed by atoms with Crippen LogP contribution in [0.15, 0.2) is 48.5 Å². The number of hydrogen-bond donors (Lipinski definition) is 1. The minimum Gasteiger partial charge on any atom is -0.367 e. The highest BCUT2D eigenvalue weighted by atomic mass is 19.1. The molecule has 2 aromatic rings. The summed E-state index contributed by atoms with van der Waals surface area (Å²) in [4.78, 5) is 2.10. The number of piperazine rings is 1. The van der Waals surface area contributed by atoms with E-state index in [1.165, 1.54) is 0 Å². The number of rotatable bonds is 2. The van der Waals surface area contributed by atoms with Gasteiger partial charge in [0.05, 0.1) is 5.69 Å². The van der Waals surface area contributed by atoms with Crippen molar-refractivity contribution in [1.29, 1.82) is 0 Å². The van der Waals surface area contributed by atoms with Gasteiger partial charge in [-0.3, -0.25) is 0 Å². The summed E-state index contributed by atoms with van der Waals surface area (Å²) in [6.07, 6.45) is 0. The Morgan fingerprint density at radius 1 is 0.895 bits per heavy atom. The van der Waals surface area contributed by atoms with Crippen LogP contribution in [0.5, 0.6) is 0 Å². The lowest BCUT2D eigenvalue weighted by Gasteiger charge is -2.29. The monoisotopic (exact) mass is 256 g/mol. The van der Waals surface area contributed by atoms with Crippen molar-refractivity contribution in [2.24, 2.45) is 0 Å². The zero-order valence-corrected chi connectivity index (χ0v) is 10.8. The van der Waals surface area contributed by atoms with Gasteiger partial charge in [-0.05, 0) is 23.3 Å². The van der Waals surface area contributed by atoms with Crippen molar-refractivity contribution in [3.05, 3.63) is 54.3 Å². The Hall–Kier alpha value is -1.87. The smallest absolute Gasteiger partial charge is 0.147 e. The molecular weight excluding hydrogens is 239 g/mol. The van der Waals surface area contributed by atoms with Crippen molar-refractivity contribution in [3.63, 3.8) is 0 Å². The molecule has 2 aromatic carbocycles. The molecule has 0 spiro atoms. The molecule has 0 atom stereocenters. The van der Waals surface area contributed by atoms with E-state index < -0.39 is 0 Å². The van der Waals surface area contributed by atoms with Crippen molar-refractivity contribution in [1.82, 2.24) is 5.32 Å². The molecule has 98 valence electrons. The lowest BCUT2D eigenvalue weighted by atomic mass is 10.0. The standard InChI is InChI=1S/C16H17FN2/c17-15-12-14(13-4-2-1-3-5-13)6-7-16(15)19-10-8-18-9-11-19/h1-7,12,18H,8-11H2. The van der Waals surface area contributed by atoms with Crippen LogP contribution in [0.25, 0.3) is 11.1 Å². The molecule has 1 saturated heterocycles. The summed E-state index contributed by atoms with van der Waals surface area (Å²) in [6, 6.07) is 15.4. The highest BCUT2D eigenvalue weighted by molar-refractivity contribution is 5.66. The van der Waals surface area contributed by atoms with E-state index in [2.05, 4.69) is 10.2 Å². The van der Waals surface area contributed by atoms with E-state index >= 15 is 0 Å². The normalized spacial score (nSPS) is 15.5. The molecule has 0 unspecified atom stereocenters. The lowest BCUT2D eigenvalue weighted by molar-refractivity contribution is 0.566. The van der Waals surface area contributed by atoms with Crippen LogP contribution in [0.2, 0.25) is 0 Å². The second-order valence-corrected chi connectivity index (χ2v) is 4.77. The molecule has 0 amide bonds. The minimum atomic E-state index is -0.136. The maximum absolute atomic E-state index is 14.3. The SMILES string of the molecule is Fc1cc(-c2ccccc2)ccc1N1CCNCC1. The van der Waals surface area contributed by atoms with E-state index in [4.69, 9.17) is 0 Å². The molecule has 19 heavy (non-hydrogen) atoms. The van der Waals surface area contributed by atoms with Crippen LogP contribution in [-0.4, -0.2) is 26.2 Å². The second kappa shape index (κ2) is 5.41. The van der Waals surface area contributed by atoms with Gasteiger partial charge in [-0.2, -0.15) is 0 Å². The first kappa shape index (κ1) is 12.2. The summed E-state index contributed by atoms with van der Waals surface area (Å²) in [5.74, 6) is -0.136. The number of nitrogens with zero attached hydrogens (tertiary/aromatic N) is 1. The Morgan fingerprint density at radius 3 is 2.32 bits per heavy atom. The Morgan fingerprint density at radius 2 is 1.63 bits per heavy atom. The molecule has 1 fully saturated rings. The van der Waals surface area contributed by atoms with E-state index in [9.17, 15) is 4.39 Å². The average molecular weight is 256 g/mol. The predicted octanol–water partition coefficient (Wildman–Crippen LogP) is 2.90. The van der Waals surface area contributed by atoms with Gasteiger partial charge in [0, 0.05) is 26.2 Å². The third-order valence-corrected chi connectivity index (χ3v) is 3.51. The Bertz CT molecular complexity index is 548. The summed E-state index contributed by atoms with van der Waals surface area (Å²) < 4.78 is 14.3. The fourth-order valence-corrected chi connectivity index (χ4v) is 2.48. The highest BCUT2D eigenvalue weighted by Gasteiger charge is 2.14. The molecule has 0 bridgehead atoms. The molecule has 3 rings (SSSR count). The molecule has 0 aromatic heterocycles. The van der Waals surface area contributed by atoms with Gasteiger partial charge < -0.3 is 10.2 Å². The van der Waals surface area contributed by atoms with E-state index in [1.54, 1.807) is 6.07 Å². The number of halogens is 1. The molecule has 0 aliphatic carbocycles. The van der Waals surface area contributed by atoms with E-state index in [0.717, 1.165) is 37.3 Å². The molecule has 0 radical (unpaired) electrons.